The topological polar surface area (TPSA) is 116 Å². The van der Waals surface area contributed by atoms with E-state index in [-0.39, 0.29) is 32.5 Å². The lowest BCUT2D eigenvalue weighted by Gasteiger charge is -2.31. The van der Waals surface area contributed by atoms with Crippen LogP contribution in [0.4, 0.5) is 5.69 Å². The molecule has 0 N–H and O–H groups in total. The van der Waals surface area contributed by atoms with Crippen molar-refractivity contribution in [1.82, 2.24) is 0 Å². The maximum Gasteiger partial charge on any atom is 0.339 e. The molecule has 3 aromatic carbocycles. The van der Waals surface area contributed by atoms with Crippen LogP contribution in [-0.2, 0) is 31.0 Å². The Morgan fingerprint density at radius 2 is 1.58 bits per heavy atom. The van der Waals surface area contributed by atoms with Crippen LogP contribution in [0, 0.1) is 0 Å². The summed E-state index contributed by atoms with van der Waals surface area (Å²) in [7, 11) is -7.02. The van der Waals surface area contributed by atoms with E-state index in [2.05, 4.69) is 0 Å². The van der Waals surface area contributed by atoms with E-state index in [1.807, 2.05) is 0 Å². The van der Waals surface area contributed by atoms with Crippen molar-refractivity contribution in [2.45, 2.75) is 27.5 Å². The summed E-state index contributed by atoms with van der Waals surface area (Å²) in [6.07, 6.45) is 1.13. The lowest BCUT2D eigenvalue weighted by atomic mass is 10.0. The van der Waals surface area contributed by atoms with Gasteiger partial charge in [-0.15, -0.1) is 0 Å². The molecule has 9 nitrogen and oxygen atoms in total. The molecule has 0 saturated carbocycles. The number of sulfone groups is 1. The summed E-state index contributed by atoms with van der Waals surface area (Å²) in [6, 6.07) is 14.7. The molecule has 3 aromatic rings. The van der Waals surface area contributed by atoms with Gasteiger partial charge in [-0.25, -0.2) is 21.6 Å². The smallest absolute Gasteiger partial charge is 0.339 e. The molecule has 2 aliphatic rings. The molecule has 36 heavy (non-hydrogen) atoms. The van der Waals surface area contributed by atoms with Gasteiger partial charge < -0.3 is 14.2 Å². The first-order chi connectivity index (χ1) is 17.2. The van der Waals surface area contributed by atoms with Crippen LogP contribution in [0.3, 0.4) is 0 Å². The minimum atomic E-state index is -4.20. The van der Waals surface area contributed by atoms with E-state index in [9.17, 15) is 21.6 Å². The molecule has 0 bridgehead atoms. The van der Waals surface area contributed by atoms with Gasteiger partial charge in [0.1, 0.15) is 18.1 Å². The zero-order chi connectivity index (χ0) is 25.5. The Balaban J connectivity index is 1.58. The Hall–Kier alpha value is -3.57. The third kappa shape index (κ3) is 4.07. The molecule has 0 unspecified atom stereocenters. The van der Waals surface area contributed by atoms with Crippen LogP contribution in [0.15, 0.2) is 75.4 Å². The number of anilines is 1. The highest BCUT2D eigenvalue weighted by Crippen LogP contribution is 2.38. The van der Waals surface area contributed by atoms with Crippen molar-refractivity contribution in [2.24, 2.45) is 0 Å². The van der Waals surface area contributed by atoms with Gasteiger partial charge in [0, 0.05) is 12.6 Å². The van der Waals surface area contributed by atoms with Crippen LogP contribution in [-0.4, -0.2) is 49.7 Å². The second-order valence-electron chi connectivity index (χ2n) is 8.27. The third-order valence-electron chi connectivity index (χ3n) is 6.13. The fourth-order valence-electron chi connectivity index (χ4n) is 4.35. The fraction of sp³-hybridized carbons (Fsp3) is 0.240. The fourth-order valence-corrected chi connectivity index (χ4v) is 7.36. The van der Waals surface area contributed by atoms with E-state index in [0.29, 0.717) is 43.1 Å². The number of rotatable bonds is 5. The third-order valence-corrected chi connectivity index (χ3v) is 9.75. The largest absolute Gasteiger partial charge is 0.486 e. The average molecular weight is 530 g/mol. The number of nitrogens with zero attached hydrogens (tertiary/aromatic N) is 1. The number of aryl methyl sites for hydroxylation is 1. The second-order valence-corrected chi connectivity index (χ2v) is 12.0. The van der Waals surface area contributed by atoms with Gasteiger partial charge in [-0.3, -0.25) is 4.31 Å². The molecule has 0 spiro atoms. The van der Waals surface area contributed by atoms with Crippen molar-refractivity contribution >= 4 is 31.5 Å². The minimum Gasteiger partial charge on any atom is -0.486 e. The predicted octanol–water partition coefficient (Wildman–Crippen LogP) is 3.22. The summed E-state index contributed by atoms with van der Waals surface area (Å²) in [6.45, 7) is 0.834. The summed E-state index contributed by atoms with van der Waals surface area (Å²) < 4.78 is 71.3. The number of ether oxygens (including phenoxy) is 3. The number of hydrogen-bond acceptors (Lipinski definition) is 8. The Morgan fingerprint density at radius 1 is 0.889 bits per heavy atom. The molecule has 2 heterocycles. The Bertz CT molecular complexity index is 1560. The number of sulfonamides is 1. The number of hydrogen-bond donors (Lipinski definition) is 0. The first-order valence-electron chi connectivity index (χ1n) is 11.2. The monoisotopic (exact) mass is 529 g/mol. The van der Waals surface area contributed by atoms with Crippen molar-refractivity contribution < 1.29 is 35.8 Å². The van der Waals surface area contributed by atoms with Gasteiger partial charge in [0.25, 0.3) is 10.0 Å². The highest BCUT2D eigenvalue weighted by atomic mass is 32.2. The average Bonchev–Trinajstić information content (AvgIpc) is 2.91. The normalized spacial score (nSPS) is 15.2. The number of methoxy groups -OCH3 is 1. The van der Waals surface area contributed by atoms with Gasteiger partial charge in [0.05, 0.1) is 28.2 Å². The maximum absolute atomic E-state index is 13.7. The molecule has 2 aliphatic heterocycles. The molecule has 0 aliphatic carbocycles. The lowest BCUT2D eigenvalue weighted by Crippen LogP contribution is -2.36. The van der Waals surface area contributed by atoms with Gasteiger partial charge in [0.2, 0.25) is 9.84 Å². The van der Waals surface area contributed by atoms with E-state index in [1.165, 1.54) is 49.6 Å². The Morgan fingerprint density at radius 3 is 2.36 bits per heavy atom. The maximum atomic E-state index is 13.7. The minimum absolute atomic E-state index is 0.00736. The van der Waals surface area contributed by atoms with Gasteiger partial charge in [-0.2, -0.15) is 0 Å². The first kappa shape index (κ1) is 24.1. The molecular weight excluding hydrogens is 506 g/mol. The van der Waals surface area contributed by atoms with Crippen molar-refractivity contribution in [3.63, 3.8) is 0 Å². The molecule has 0 radical (unpaired) electrons. The van der Waals surface area contributed by atoms with Gasteiger partial charge in [0.15, 0.2) is 11.5 Å². The lowest BCUT2D eigenvalue weighted by molar-refractivity contribution is 0.0596. The Kier molecular flexibility index (Phi) is 6.13. The molecule has 0 aromatic heterocycles. The van der Waals surface area contributed by atoms with Crippen molar-refractivity contribution in [1.29, 1.82) is 0 Å². The standard InChI is InChI=1S/C25H23NO8S2/c1-32-25(27)20-6-2-3-7-24(20)36(30,31)26-12-4-5-17-8-9-18(15-21(17)26)35(28,29)19-10-11-22-23(16-19)34-14-13-33-22/h2-3,6-11,15-16H,4-5,12-14H2,1H3. The Labute approximate surface area is 209 Å². The van der Waals surface area contributed by atoms with E-state index < -0.39 is 25.8 Å². The summed E-state index contributed by atoms with van der Waals surface area (Å²) in [5, 5.41) is 0. The molecule has 0 saturated heterocycles. The summed E-state index contributed by atoms with van der Waals surface area (Å²) in [4.78, 5) is 12.0. The number of fused-ring (bicyclic) bond motifs is 2. The predicted molar refractivity (Wildman–Crippen MR) is 130 cm³/mol. The zero-order valence-electron chi connectivity index (χ0n) is 19.3. The number of carbonyl (C=O) groups excluding carboxylic acids is 1. The van der Waals surface area contributed by atoms with E-state index in [0.717, 1.165) is 4.31 Å². The molecule has 5 rings (SSSR count). The van der Waals surface area contributed by atoms with Crippen LogP contribution < -0.4 is 13.8 Å². The molecule has 188 valence electrons. The van der Waals surface area contributed by atoms with Crippen molar-refractivity contribution in [3.05, 3.63) is 71.8 Å². The molecule has 0 amide bonds. The first-order valence-corrected chi connectivity index (χ1v) is 14.1. The van der Waals surface area contributed by atoms with Crippen LogP contribution in [0.2, 0.25) is 0 Å². The summed E-state index contributed by atoms with van der Waals surface area (Å²) in [5.41, 5.74) is 0.869. The van der Waals surface area contributed by atoms with Crippen LogP contribution in [0.25, 0.3) is 0 Å². The summed E-state index contributed by atoms with van der Waals surface area (Å²) >= 11 is 0. The summed E-state index contributed by atoms with van der Waals surface area (Å²) in [5.74, 6) is 0.0254. The van der Waals surface area contributed by atoms with Crippen molar-refractivity contribution in [3.8, 4) is 11.5 Å². The van der Waals surface area contributed by atoms with E-state index >= 15 is 0 Å². The van der Waals surface area contributed by atoms with Gasteiger partial charge in [-0.05, 0) is 54.8 Å². The van der Waals surface area contributed by atoms with Crippen LogP contribution >= 0.6 is 0 Å². The van der Waals surface area contributed by atoms with Gasteiger partial charge >= 0.3 is 5.97 Å². The molecule has 0 fully saturated rings. The van der Waals surface area contributed by atoms with E-state index in [1.54, 1.807) is 18.2 Å². The molecule has 0 atom stereocenters. The van der Waals surface area contributed by atoms with Crippen LogP contribution in [0.5, 0.6) is 11.5 Å². The van der Waals surface area contributed by atoms with Gasteiger partial charge in [-0.1, -0.05) is 18.2 Å². The number of benzene rings is 3. The SMILES string of the molecule is COC(=O)c1ccccc1S(=O)(=O)N1CCCc2ccc(S(=O)(=O)c3ccc4c(c3)OCCO4)cc21. The highest BCUT2D eigenvalue weighted by molar-refractivity contribution is 7.93. The number of carbonyl (C=O) groups is 1. The van der Waals surface area contributed by atoms with Crippen molar-refractivity contribution in [2.75, 3.05) is 31.2 Å². The zero-order valence-corrected chi connectivity index (χ0v) is 21.0. The quantitative estimate of drug-likeness (QED) is 0.463. The molecular formula is C25H23NO8S2. The second kappa shape index (κ2) is 9.14. The highest BCUT2D eigenvalue weighted by Gasteiger charge is 2.33. The van der Waals surface area contributed by atoms with Crippen LogP contribution in [0.1, 0.15) is 22.3 Å². The number of esters is 1. The molecule has 11 heteroatoms. The van der Waals surface area contributed by atoms with E-state index in [4.69, 9.17) is 14.2 Å².